The number of hydrogen-bond acceptors (Lipinski definition) is 3. The summed E-state index contributed by atoms with van der Waals surface area (Å²) < 4.78 is 71.7. The van der Waals surface area contributed by atoms with Gasteiger partial charge in [-0.2, -0.15) is 18.3 Å². The highest BCUT2D eigenvalue weighted by Gasteiger charge is 2.38. The molecule has 12 heteroatoms. The fourth-order valence-electron chi connectivity index (χ4n) is 4.88. The summed E-state index contributed by atoms with van der Waals surface area (Å²) in [7, 11) is 1.75. The van der Waals surface area contributed by atoms with Crippen LogP contribution in [0.1, 0.15) is 48.1 Å². The number of amides is 1. The van der Waals surface area contributed by atoms with E-state index >= 15 is 0 Å². The topological polar surface area (TPSA) is 64.7 Å². The lowest BCUT2D eigenvalue weighted by molar-refractivity contribution is -0.142. The van der Waals surface area contributed by atoms with Gasteiger partial charge < -0.3 is 9.88 Å². The van der Waals surface area contributed by atoms with E-state index in [1.807, 2.05) is 0 Å². The van der Waals surface area contributed by atoms with Crippen LogP contribution in [0.5, 0.6) is 0 Å². The molecular weight excluding hydrogens is 553 g/mol. The van der Waals surface area contributed by atoms with Crippen molar-refractivity contribution in [3.05, 3.63) is 93.7 Å². The Bertz CT molecular complexity index is 1490. The van der Waals surface area contributed by atoms with Crippen LogP contribution in [0, 0.1) is 11.6 Å². The zero-order valence-corrected chi connectivity index (χ0v) is 22.7. The molecule has 0 saturated carbocycles. The third-order valence-corrected chi connectivity index (χ3v) is 6.78. The Morgan fingerprint density at radius 3 is 2.27 bits per heavy atom. The number of rotatable bonds is 9. The van der Waals surface area contributed by atoms with Crippen molar-refractivity contribution < 1.29 is 26.7 Å². The van der Waals surface area contributed by atoms with E-state index in [1.54, 1.807) is 49.7 Å². The molecule has 4 rings (SSSR count). The standard InChI is InChI=1S/C28H27ClF5N5O/c1-4-21-23(5-2)39(37-27(21)28(32,33)34)14-24(40)36-22(12-16-10-19(30)13-20(31)11-16)25-26(38(3)15-35-25)17-6-8-18(29)9-7-17/h6-11,13,15,22H,4-5,12,14H2,1-3H3,(H,36,40). The summed E-state index contributed by atoms with van der Waals surface area (Å²) in [6, 6.07) is 9.09. The largest absolute Gasteiger partial charge is 0.435 e. The first-order valence-electron chi connectivity index (χ1n) is 12.6. The monoisotopic (exact) mass is 579 g/mol. The Morgan fingerprint density at radius 1 is 1.05 bits per heavy atom. The Labute approximate surface area is 232 Å². The van der Waals surface area contributed by atoms with Crippen LogP contribution in [0.2, 0.25) is 5.02 Å². The van der Waals surface area contributed by atoms with Gasteiger partial charge in [-0.05, 0) is 49.1 Å². The van der Waals surface area contributed by atoms with Gasteiger partial charge in [0.25, 0.3) is 0 Å². The van der Waals surface area contributed by atoms with Crippen LogP contribution >= 0.6 is 11.6 Å². The van der Waals surface area contributed by atoms with E-state index in [4.69, 9.17) is 11.6 Å². The number of nitrogens with zero attached hydrogens (tertiary/aromatic N) is 4. The molecule has 0 spiro atoms. The number of aryl methyl sites for hydroxylation is 1. The van der Waals surface area contributed by atoms with Gasteiger partial charge in [0.2, 0.25) is 5.91 Å². The molecule has 2 aromatic carbocycles. The zero-order chi connectivity index (χ0) is 29.2. The average Bonchev–Trinajstić information content (AvgIpc) is 3.43. The van der Waals surface area contributed by atoms with Crippen molar-refractivity contribution >= 4 is 17.5 Å². The number of aromatic nitrogens is 4. The van der Waals surface area contributed by atoms with Gasteiger partial charge in [-0.3, -0.25) is 9.48 Å². The Morgan fingerprint density at radius 2 is 1.70 bits per heavy atom. The highest BCUT2D eigenvalue weighted by molar-refractivity contribution is 6.30. The second-order valence-corrected chi connectivity index (χ2v) is 9.77. The van der Waals surface area contributed by atoms with E-state index in [9.17, 15) is 26.7 Å². The number of carbonyl (C=O) groups is 1. The van der Waals surface area contributed by atoms with Crippen LogP contribution in [0.25, 0.3) is 11.3 Å². The minimum atomic E-state index is -4.66. The second kappa shape index (κ2) is 11.8. The minimum Gasteiger partial charge on any atom is -0.346 e. The zero-order valence-electron chi connectivity index (χ0n) is 22.0. The molecule has 1 unspecified atom stereocenters. The molecule has 0 aliphatic rings. The molecule has 6 nitrogen and oxygen atoms in total. The molecule has 4 aromatic rings. The molecule has 0 radical (unpaired) electrons. The maximum absolute atomic E-state index is 14.0. The summed E-state index contributed by atoms with van der Waals surface area (Å²) in [6.45, 7) is 2.81. The van der Waals surface area contributed by atoms with Gasteiger partial charge in [-0.15, -0.1) is 0 Å². The number of imidazole rings is 1. The fraction of sp³-hybridized carbons (Fsp3) is 0.321. The summed E-state index contributed by atoms with van der Waals surface area (Å²) in [5.41, 5.74) is 1.37. The molecular formula is C28H27ClF5N5O. The van der Waals surface area contributed by atoms with E-state index in [2.05, 4.69) is 15.4 Å². The molecule has 1 amide bonds. The van der Waals surface area contributed by atoms with Gasteiger partial charge in [0.1, 0.15) is 18.2 Å². The molecule has 40 heavy (non-hydrogen) atoms. The van der Waals surface area contributed by atoms with Crippen molar-refractivity contribution in [2.75, 3.05) is 0 Å². The van der Waals surface area contributed by atoms with Crippen molar-refractivity contribution in [3.63, 3.8) is 0 Å². The fourth-order valence-corrected chi connectivity index (χ4v) is 5.01. The molecule has 0 fully saturated rings. The Balaban J connectivity index is 1.72. The SMILES string of the molecule is CCc1c(C(F)(F)F)nn(CC(=O)NC(Cc2cc(F)cc(F)c2)c2ncn(C)c2-c2ccc(Cl)cc2)c1CC. The minimum absolute atomic E-state index is 0.0359. The van der Waals surface area contributed by atoms with Gasteiger partial charge in [-0.25, -0.2) is 13.8 Å². The van der Waals surface area contributed by atoms with Crippen molar-refractivity contribution in [1.82, 2.24) is 24.6 Å². The highest BCUT2D eigenvalue weighted by atomic mass is 35.5. The smallest absolute Gasteiger partial charge is 0.346 e. The third-order valence-electron chi connectivity index (χ3n) is 6.53. The summed E-state index contributed by atoms with van der Waals surface area (Å²) in [5, 5.41) is 7.06. The number of hydrogen-bond donors (Lipinski definition) is 1. The number of benzene rings is 2. The van der Waals surface area contributed by atoms with Gasteiger partial charge >= 0.3 is 6.18 Å². The maximum Gasteiger partial charge on any atom is 0.435 e. The van der Waals surface area contributed by atoms with E-state index in [0.29, 0.717) is 22.1 Å². The summed E-state index contributed by atoms with van der Waals surface area (Å²) in [4.78, 5) is 17.8. The van der Waals surface area contributed by atoms with Crippen molar-refractivity contribution in [2.24, 2.45) is 7.05 Å². The molecule has 1 atom stereocenters. The molecule has 0 aliphatic carbocycles. The normalized spacial score (nSPS) is 12.5. The van der Waals surface area contributed by atoms with Crippen LogP contribution in [0.15, 0.2) is 48.8 Å². The van der Waals surface area contributed by atoms with Gasteiger partial charge in [0.15, 0.2) is 5.69 Å². The predicted octanol–water partition coefficient (Wildman–Crippen LogP) is 6.46. The van der Waals surface area contributed by atoms with Crippen molar-refractivity contribution in [2.45, 2.75) is 51.9 Å². The van der Waals surface area contributed by atoms with Crippen LogP contribution in [0.4, 0.5) is 22.0 Å². The van der Waals surface area contributed by atoms with Crippen molar-refractivity contribution in [3.8, 4) is 11.3 Å². The average molecular weight is 580 g/mol. The lowest BCUT2D eigenvalue weighted by Crippen LogP contribution is -2.34. The summed E-state index contributed by atoms with van der Waals surface area (Å²) in [5.74, 6) is -2.20. The summed E-state index contributed by atoms with van der Waals surface area (Å²) >= 11 is 6.05. The van der Waals surface area contributed by atoms with Crippen LogP contribution in [-0.4, -0.2) is 25.2 Å². The molecule has 2 aromatic heterocycles. The van der Waals surface area contributed by atoms with E-state index in [1.165, 1.54) is 6.33 Å². The van der Waals surface area contributed by atoms with Gasteiger partial charge in [0.05, 0.1) is 23.8 Å². The molecule has 2 heterocycles. The maximum atomic E-state index is 14.0. The quantitative estimate of drug-likeness (QED) is 0.232. The number of alkyl halides is 3. The third kappa shape index (κ3) is 6.35. The first-order valence-corrected chi connectivity index (χ1v) is 13.0. The number of nitrogens with one attached hydrogen (secondary N) is 1. The number of halogens is 6. The predicted molar refractivity (Wildman–Crippen MR) is 141 cm³/mol. The lowest BCUT2D eigenvalue weighted by Gasteiger charge is -2.20. The van der Waals surface area contributed by atoms with E-state index < -0.39 is 42.0 Å². The van der Waals surface area contributed by atoms with E-state index in [0.717, 1.165) is 28.4 Å². The molecule has 212 valence electrons. The van der Waals surface area contributed by atoms with Crippen molar-refractivity contribution in [1.29, 1.82) is 0 Å². The molecule has 1 N–H and O–H groups in total. The number of carbonyl (C=O) groups excluding carboxylic acids is 1. The molecule has 0 bridgehead atoms. The van der Waals surface area contributed by atoms with Gasteiger partial charge in [-0.1, -0.05) is 37.6 Å². The second-order valence-electron chi connectivity index (χ2n) is 9.33. The Hall–Kier alpha value is -3.73. The highest BCUT2D eigenvalue weighted by Crippen LogP contribution is 2.34. The van der Waals surface area contributed by atoms with Crippen LogP contribution in [-0.2, 0) is 43.8 Å². The Kier molecular flexibility index (Phi) is 8.62. The molecule has 0 aliphatic heterocycles. The molecule has 0 saturated heterocycles. The first-order chi connectivity index (χ1) is 18.9. The lowest BCUT2D eigenvalue weighted by atomic mass is 9.99. The van der Waals surface area contributed by atoms with Crippen LogP contribution in [0.3, 0.4) is 0 Å². The van der Waals surface area contributed by atoms with E-state index in [-0.39, 0.29) is 30.4 Å². The summed E-state index contributed by atoms with van der Waals surface area (Å²) in [6.07, 6.45) is -2.82. The first kappa shape index (κ1) is 29.3. The van der Waals surface area contributed by atoms with Crippen LogP contribution < -0.4 is 5.32 Å². The van der Waals surface area contributed by atoms with Gasteiger partial charge in [0, 0.05) is 35.0 Å².